The van der Waals surface area contributed by atoms with Gasteiger partial charge in [0.25, 0.3) is 0 Å². The highest BCUT2D eigenvalue weighted by molar-refractivity contribution is 7.95. The number of hydrogen-bond donors (Lipinski definition) is 0. The number of benzene rings is 3. The second-order valence-electron chi connectivity index (χ2n) is 5.89. The molecule has 0 fully saturated rings. The summed E-state index contributed by atoms with van der Waals surface area (Å²) in [6.07, 6.45) is 3.72. The Kier molecular flexibility index (Phi) is 7.03. The summed E-state index contributed by atoms with van der Waals surface area (Å²) in [6, 6.07) is 33.4. The van der Waals surface area contributed by atoms with E-state index in [0.717, 1.165) is 0 Å². The van der Waals surface area contributed by atoms with Crippen LogP contribution in [0, 0.1) is 12.4 Å². The third kappa shape index (κ3) is 3.72. The van der Waals surface area contributed by atoms with Gasteiger partial charge in [0, 0.05) is 0 Å². The molecule has 0 radical (unpaired) electrons. The van der Waals surface area contributed by atoms with E-state index >= 15 is 0 Å². The van der Waals surface area contributed by atoms with Gasteiger partial charge in [-0.25, -0.2) is 0 Å². The van der Waals surface area contributed by atoms with Gasteiger partial charge in [-0.2, -0.15) is 0 Å². The van der Waals surface area contributed by atoms with Crippen LogP contribution in [0.3, 0.4) is 0 Å². The standard InChI is InChI=1S/C22H24P.ClH2/c1-2-3-19-23(20-13-7-4-8-14-20,21-15-9-5-10-16-21)22-17-11-6-12-18-22;/h4-18H,2-3,19H2,1H3;1H2/q2*+1. The van der Waals surface area contributed by atoms with Crippen LogP contribution >= 0.6 is 7.26 Å². The molecule has 0 unspecified atom stereocenters. The van der Waals surface area contributed by atoms with E-state index in [1.165, 1.54) is 34.9 Å². The summed E-state index contributed by atoms with van der Waals surface area (Å²) in [5.41, 5.74) is 0. The summed E-state index contributed by atoms with van der Waals surface area (Å²) < 4.78 is 0. The molecule has 0 bridgehead atoms. The molecule has 0 aliphatic rings. The molecule has 0 nitrogen and oxygen atoms in total. The van der Waals surface area contributed by atoms with E-state index in [2.05, 4.69) is 97.9 Å². The van der Waals surface area contributed by atoms with Crippen molar-refractivity contribution in [1.29, 1.82) is 0 Å². The molecule has 0 heterocycles. The van der Waals surface area contributed by atoms with Gasteiger partial charge in [0.2, 0.25) is 0 Å². The molecule has 0 saturated carbocycles. The van der Waals surface area contributed by atoms with E-state index < -0.39 is 7.26 Å². The normalized spacial score (nSPS) is 10.9. The highest BCUT2D eigenvalue weighted by Gasteiger charge is 2.44. The zero-order valence-corrected chi connectivity index (χ0v) is 16.0. The van der Waals surface area contributed by atoms with Crippen molar-refractivity contribution < 1.29 is 12.4 Å². The van der Waals surface area contributed by atoms with Gasteiger partial charge in [-0.3, -0.25) is 0 Å². The molecule has 3 aromatic carbocycles. The molecule has 0 aliphatic carbocycles. The summed E-state index contributed by atoms with van der Waals surface area (Å²) in [6.45, 7) is 2.29. The van der Waals surface area contributed by atoms with Crippen LogP contribution < -0.4 is 15.9 Å². The average Bonchev–Trinajstić information content (AvgIpc) is 2.65. The fourth-order valence-electron chi connectivity index (χ4n) is 3.28. The second-order valence-corrected chi connectivity index (χ2v) is 9.51. The third-order valence-corrected chi connectivity index (χ3v) is 8.96. The molecule has 0 N–H and O–H groups in total. The maximum atomic E-state index is 2.32. The topological polar surface area (TPSA) is 0 Å². The van der Waals surface area contributed by atoms with Crippen molar-refractivity contribution in [2.45, 2.75) is 19.8 Å². The van der Waals surface area contributed by atoms with Crippen LogP contribution in [0.5, 0.6) is 0 Å². The number of rotatable bonds is 6. The maximum absolute atomic E-state index is 2.32. The van der Waals surface area contributed by atoms with Gasteiger partial charge in [-0.15, -0.1) is 0 Å². The Morgan fingerprint density at radius 1 is 0.583 bits per heavy atom. The molecule has 124 valence electrons. The first-order valence-corrected chi connectivity index (χ1v) is 10.4. The van der Waals surface area contributed by atoms with E-state index in [1.807, 2.05) is 0 Å². The highest BCUT2D eigenvalue weighted by Crippen LogP contribution is 2.55. The predicted octanol–water partition coefficient (Wildman–Crippen LogP) is 4.25. The first-order chi connectivity index (χ1) is 11.4. The Hall–Kier alpha value is -1.62. The van der Waals surface area contributed by atoms with Crippen LogP contribution in [0.2, 0.25) is 0 Å². The largest absolute Gasteiger partial charge is 0.112 e. The van der Waals surface area contributed by atoms with Crippen LogP contribution in [0.25, 0.3) is 0 Å². The fourth-order valence-corrected chi connectivity index (χ4v) is 7.78. The lowest BCUT2D eigenvalue weighted by Crippen LogP contribution is -2.33. The summed E-state index contributed by atoms with van der Waals surface area (Å²) in [5, 5.41) is 4.47. The third-order valence-electron chi connectivity index (χ3n) is 4.44. The first kappa shape index (κ1) is 18.7. The van der Waals surface area contributed by atoms with Crippen molar-refractivity contribution in [3.8, 4) is 0 Å². The van der Waals surface area contributed by atoms with Crippen LogP contribution in [0.15, 0.2) is 91.0 Å². The highest BCUT2D eigenvalue weighted by atomic mass is 35.5. The summed E-state index contributed by atoms with van der Waals surface area (Å²) in [5.74, 6) is 0. The molecule has 2 heteroatoms. The minimum Gasteiger partial charge on any atom is -0.0652 e. The van der Waals surface area contributed by atoms with E-state index in [-0.39, 0.29) is 12.4 Å². The molecule has 3 aromatic rings. The summed E-state index contributed by atoms with van der Waals surface area (Å²) in [7, 11) is -1.57. The van der Waals surface area contributed by atoms with Gasteiger partial charge in [0.1, 0.15) is 23.2 Å². The average molecular weight is 357 g/mol. The molecule has 0 spiro atoms. The lowest BCUT2D eigenvalue weighted by atomic mass is 10.3. The number of hydrogen-bond acceptors (Lipinski definition) is 0. The van der Waals surface area contributed by atoms with Gasteiger partial charge in [-0.1, -0.05) is 67.9 Å². The van der Waals surface area contributed by atoms with Crippen molar-refractivity contribution in [2.75, 3.05) is 6.16 Å². The predicted molar refractivity (Wildman–Crippen MR) is 108 cm³/mol. The van der Waals surface area contributed by atoms with Crippen molar-refractivity contribution in [3.63, 3.8) is 0 Å². The molecule has 0 amide bonds. The Morgan fingerprint density at radius 3 is 1.21 bits per heavy atom. The lowest BCUT2D eigenvalue weighted by molar-refractivity contribution is -0.00000454. The van der Waals surface area contributed by atoms with Crippen molar-refractivity contribution in [3.05, 3.63) is 91.0 Å². The maximum Gasteiger partial charge on any atom is 0.112 e. The van der Waals surface area contributed by atoms with E-state index in [1.54, 1.807) is 0 Å². The monoisotopic (exact) mass is 356 g/mol. The zero-order valence-electron chi connectivity index (χ0n) is 14.2. The van der Waals surface area contributed by atoms with E-state index in [4.69, 9.17) is 0 Å². The van der Waals surface area contributed by atoms with Gasteiger partial charge in [0.05, 0.1) is 18.6 Å². The molecule has 0 saturated heterocycles. The lowest BCUT2D eigenvalue weighted by Gasteiger charge is -2.27. The molecular weight excluding hydrogens is 331 g/mol. The Balaban J connectivity index is 0.00000208. The fraction of sp³-hybridized carbons (Fsp3) is 0.182. The van der Waals surface area contributed by atoms with Crippen molar-refractivity contribution >= 4 is 23.2 Å². The molecular formula is C22H26ClP+2. The molecule has 24 heavy (non-hydrogen) atoms. The smallest absolute Gasteiger partial charge is 0.0652 e. The minimum absolute atomic E-state index is 0. The Morgan fingerprint density at radius 2 is 0.917 bits per heavy atom. The van der Waals surface area contributed by atoms with Crippen LogP contribution in [-0.2, 0) is 0 Å². The van der Waals surface area contributed by atoms with Gasteiger partial charge < -0.3 is 0 Å². The van der Waals surface area contributed by atoms with Crippen LogP contribution in [0.4, 0.5) is 0 Å². The van der Waals surface area contributed by atoms with E-state index in [9.17, 15) is 0 Å². The molecule has 0 atom stereocenters. The SMILES string of the molecule is CCCC[P+](c1ccccc1)(c1ccccc1)c1ccccc1.[ClH2+]. The van der Waals surface area contributed by atoms with Crippen LogP contribution in [0.1, 0.15) is 19.8 Å². The number of unbranched alkanes of at least 4 members (excludes halogenated alkanes) is 1. The van der Waals surface area contributed by atoms with Crippen molar-refractivity contribution in [1.82, 2.24) is 0 Å². The Bertz CT molecular complexity index is 614. The quantitative estimate of drug-likeness (QED) is 0.579. The Labute approximate surface area is 152 Å². The number of halogens is 1. The van der Waals surface area contributed by atoms with E-state index in [0.29, 0.717) is 0 Å². The molecule has 0 aliphatic heterocycles. The summed E-state index contributed by atoms with van der Waals surface area (Å²) >= 11 is 0. The van der Waals surface area contributed by atoms with Crippen molar-refractivity contribution in [2.24, 2.45) is 0 Å². The van der Waals surface area contributed by atoms with Gasteiger partial charge in [-0.05, 0) is 42.8 Å². The summed E-state index contributed by atoms with van der Waals surface area (Å²) in [4.78, 5) is 0. The second kappa shape index (κ2) is 9.02. The molecule has 3 rings (SSSR count). The van der Waals surface area contributed by atoms with Crippen LogP contribution in [-0.4, -0.2) is 6.16 Å². The van der Waals surface area contributed by atoms with Gasteiger partial charge >= 0.3 is 0 Å². The zero-order chi connectivity index (χ0) is 16.0. The minimum atomic E-state index is -1.57. The van der Waals surface area contributed by atoms with Gasteiger partial charge in [0.15, 0.2) is 0 Å². The molecule has 0 aromatic heterocycles. The first-order valence-electron chi connectivity index (χ1n) is 8.43.